The molecule has 0 amide bonds. The summed E-state index contributed by atoms with van der Waals surface area (Å²) in [6, 6.07) is 69.7. The highest BCUT2D eigenvalue weighted by molar-refractivity contribution is 7.25. The molecule has 1 heterocycles. The fourth-order valence-electron chi connectivity index (χ4n) is 9.17. The molecule has 0 radical (unpaired) electrons. The van der Waals surface area contributed by atoms with Crippen LogP contribution >= 0.6 is 11.3 Å². The molecule has 0 N–H and O–H groups in total. The average molecular weight is 720 g/mol. The molecular weight excluding hydrogens is 683 g/mol. The lowest BCUT2D eigenvalue weighted by Gasteiger charge is -2.29. The molecule has 260 valence electrons. The van der Waals surface area contributed by atoms with Gasteiger partial charge in [-0.25, -0.2) is 0 Å². The van der Waals surface area contributed by atoms with Crippen LogP contribution in [-0.2, 0) is 5.41 Å². The van der Waals surface area contributed by atoms with Crippen LogP contribution in [0.5, 0.6) is 0 Å². The topological polar surface area (TPSA) is 3.24 Å². The predicted molar refractivity (Wildman–Crippen MR) is 237 cm³/mol. The smallest absolute Gasteiger partial charge is 0.0543 e. The number of fused-ring (bicyclic) bond motifs is 8. The molecule has 9 aromatic carbocycles. The number of hydrogen-bond donors (Lipinski definition) is 0. The number of rotatable bonds is 5. The highest BCUT2D eigenvalue weighted by Gasteiger charge is 2.37. The first-order chi connectivity index (χ1) is 27.0. The first-order valence-corrected chi connectivity index (χ1v) is 19.9. The minimum Gasteiger partial charge on any atom is -0.310 e. The maximum atomic E-state index is 2.48. The minimum atomic E-state index is -0.0944. The molecule has 0 spiro atoms. The fourth-order valence-corrected chi connectivity index (χ4v) is 10.3. The number of hydrogen-bond acceptors (Lipinski definition) is 2. The van der Waals surface area contributed by atoms with Crippen LogP contribution in [0.2, 0.25) is 0 Å². The zero-order chi connectivity index (χ0) is 36.7. The van der Waals surface area contributed by atoms with Crippen molar-refractivity contribution in [3.63, 3.8) is 0 Å². The molecule has 0 saturated heterocycles. The van der Waals surface area contributed by atoms with Gasteiger partial charge >= 0.3 is 0 Å². The summed E-state index contributed by atoms with van der Waals surface area (Å²) in [5, 5.41) is 7.64. The van der Waals surface area contributed by atoms with Gasteiger partial charge in [0.15, 0.2) is 0 Å². The molecule has 10 aromatic rings. The van der Waals surface area contributed by atoms with Gasteiger partial charge in [0.1, 0.15) is 0 Å². The van der Waals surface area contributed by atoms with Gasteiger partial charge in [-0.15, -0.1) is 11.3 Å². The third-order valence-electron chi connectivity index (χ3n) is 11.8. The zero-order valence-corrected chi connectivity index (χ0v) is 31.6. The van der Waals surface area contributed by atoms with Crippen LogP contribution in [-0.4, -0.2) is 0 Å². The van der Waals surface area contributed by atoms with E-state index in [0.717, 1.165) is 11.4 Å². The molecule has 1 aromatic heterocycles. The Hall–Kier alpha value is -6.48. The molecule has 1 aliphatic rings. The normalized spacial score (nSPS) is 13.1. The maximum absolute atomic E-state index is 2.48. The Balaban J connectivity index is 1.10. The zero-order valence-electron chi connectivity index (χ0n) is 30.8. The monoisotopic (exact) mass is 719 g/mol. The average Bonchev–Trinajstić information content (AvgIpc) is 3.72. The van der Waals surface area contributed by atoms with Crippen molar-refractivity contribution in [2.24, 2.45) is 0 Å². The van der Waals surface area contributed by atoms with Gasteiger partial charge in [0.2, 0.25) is 0 Å². The molecule has 11 rings (SSSR count). The lowest BCUT2D eigenvalue weighted by molar-refractivity contribution is 0.660. The number of thiophene rings is 1. The number of benzene rings is 9. The molecule has 2 heteroatoms. The Morgan fingerprint density at radius 2 is 1.02 bits per heavy atom. The van der Waals surface area contributed by atoms with Crippen LogP contribution in [0.4, 0.5) is 17.1 Å². The Labute approximate surface area is 325 Å². The van der Waals surface area contributed by atoms with Gasteiger partial charge < -0.3 is 4.90 Å². The molecule has 0 aliphatic heterocycles. The van der Waals surface area contributed by atoms with E-state index in [1.54, 1.807) is 0 Å². The maximum Gasteiger partial charge on any atom is 0.0543 e. The van der Waals surface area contributed by atoms with Gasteiger partial charge in [0.25, 0.3) is 0 Å². The van der Waals surface area contributed by atoms with Crippen LogP contribution in [0.25, 0.3) is 75.1 Å². The molecule has 1 nitrogen and oxygen atoms in total. The molecule has 0 bridgehead atoms. The van der Waals surface area contributed by atoms with Crippen molar-refractivity contribution in [1.82, 2.24) is 0 Å². The van der Waals surface area contributed by atoms with Gasteiger partial charge in [0, 0.05) is 42.5 Å². The molecule has 0 unspecified atom stereocenters. The molecule has 55 heavy (non-hydrogen) atoms. The van der Waals surface area contributed by atoms with Gasteiger partial charge in [-0.2, -0.15) is 0 Å². The quantitative estimate of drug-likeness (QED) is 0.171. The van der Waals surface area contributed by atoms with Crippen molar-refractivity contribution >= 4 is 70.1 Å². The summed E-state index contributed by atoms with van der Waals surface area (Å²) in [5.41, 5.74) is 13.7. The summed E-state index contributed by atoms with van der Waals surface area (Å²) in [5.74, 6) is 0. The van der Waals surface area contributed by atoms with Crippen LogP contribution in [0.1, 0.15) is 25.0 Å². The van der Waals surface area contributed by atoms with E-state index in [-0.39, 0.29) is 5.41 Å². The summed E-state index contributed by atoms with van der Waals surface area (Å²) < 4.78 is 2.63. The van der Waals surface area contributed by atoms with E-state index in [2.05, 4.69) is 207 Å². The van der Waals surface area contributed by atoms with Crippen LogP contribution in [0.3, 0.4) is 0 Å². The minimum absolute atomic E-state index is 0.0944. The van der Waals surface area contributed by atoms with Crippen molar-refractivity contribution in [1.29, 1.82) is 0 Å². The second kappa shape index (κ2) is 12.3. The lowest BCUT2D eigenvalue weighted by Crippen LogP contribution is -2.16. The van der Waals surface area contributed by atoms with Gasteiger partial charge in [0.05, 0.1) is 5.69 Å². The van der Waals surface area contributed by atoms with E-state index in [1.807, 2.05) is 11.3 Å². The van der Waals surface area contributed by atoms with Crippen LogP contribution in [0.15, 0.2) is 188 Å². The van der Waals surface area contributed by atoms with E-state index in [4.69, 9.17) is 0 Å². The summed E-state index contributed by atoms with van der Waals surface area (Å²) in [4.78, 5) is 2.48. The van der Waals surface area contributed by atoms with Crippen molar-refractivity contribution in [3.05, 3.63) is 199 Å². The lowest BCUT2D eigenvalue weighted by atomic mass is 9.82. The standard InChI is InChI=1S/C53H37NS/c1-53(2)47-21-9-7-19-44(47)52-48(53)22-12-23-49(52)54(39-29-30-51-46(33-39)43-18-8-10-24-50(43)55-51)38-27-25-34(26-28-38)37-31-36-14-4-6-17-41(36)45(32-37)42-20-11-15-35-13-3-5-16-40(35)42/h3-33H,1-2H3. The Bertz CT molecular complexity index is 3120. The summed E-state index contributed by atoms with van der Waals surface area (Å²) in [6.07, 6.45) is 0. The highest BCUT2D eigenvalue weighted by atomic mass is 32.1. The first kappa shape index (κ1) is 32.0. The summed E-state index contributed by atoms with van der Waals surface area (Å²) in [6.45, 7) is 4.72. The Kier molecular flexibility index (Phi) is 7.14. The molecule has 1 aliphatic carbocycles. The number of anilines is 3. The second-order valence-corrected chi connectivity index (χ2v) is 16.4. The van der Waals surface area contributed by atoms with E-state index >= 15 is 0 Å². The van der Waals surface area contributed by atoms with Crippen molar-refractivity contribution in [3.8, 4) is 33.4 Å². The highest BCUT2D eigenvalue weighted by Crippen LogP contribution is 2.54. The van der Waals surface area contributed by atoms with Gasteiger partial charge in [-0.05, 0) is 115 Å². The van der Waals surface area contributed by atoms with E-state index in [0.29, 0.717) is 0 Å². The van der Waals surface area contributed by atoms with Crippen LogP contribution in [0, 0.1) is 0 Å². The molecule has 0 fully saturated rings. The SMILES string of the molecule is CC1(C)c2ccccc2-c2c(N(c3ccc(-c4cc(-c5cccc6ccccc56)c5ccccc5c4)cc3)c3ccc4sc5ccccc5c4c3)cccc21. The first-order valence-electron chi connectivity index (χ1n) is 19.1. The fraction of sp³-hybridized carbons (Fsp3) is 0.0566. The third kappa shape index (κ3) is 4.99. The second-order valence-electron chi connectivity index (χ2n) is 15.3. The van der Waals surface area contributed by atoms with E-state index < -0.39 is 0 Å². The molecule has 0 atom stereocenters. The Morgan fingerprint density at radius 3 is 1.87 bits per heavy atom. The van der Waals surface area contributed by atoms with Crippen LogP contribution < -0.4 is 4.90 Å². The predicted octanol–water partition coefficient (Wildman–Crippen LogP) is 15.5. The van der Waals surface area contributed by atoms with E-state index in [1.165, 1.54) is 91.9 Å². The molecule has 0 saturated carbocycles. The van der Waals surface area contributed by atoms with Crippen molar-refractivity contribution in [2.75, 3.05) is 4.90 Å². The van der Waals surface area contributed by atoms with E-state index in [9.17, 15) is 0 Å². The largest absolute Gasteiger partial charge is 0.310 e. The van der Waals surface area contributed by atoms with Crippen molar-refractivity contribution < 1.29 is 0 Å². The molecular formula is C53H37NS. The van der Waals surface area contributed by atoms with Gasteiger partial charge in [-0.3, -0.25) is 0 Å². The van der Waals surface area contributed by atoms with Gasteiger partial charge in [-0.1, -0.05) is 147 Å². The third-order valence-corrected chi connectivity index (χ3v) is 13.0. The van der Waals surface area contributed by atoms with Crippen molar-refractivity contribution in [2.45, 2.75) is 19.3 Å². The Morgan fingerprint density at radius 1 is 0.400 bits per heavy atom. The number of nitrogens with zero attached hydrogens (tertiary/aromatic N) is 1. The summed E-state index contributed by atoms with van der Waals surface area (Å²) >= 11 is 1.87. The summed E-state index contributed by atoms with van der Waals surface area (Å²) in [7, 11) is 0.